The average molecular weight is 417 g/mol. The highest BCUT2D eigenvalue weighted by Gasteiger charge is 2.14. The fourth-order valence-electron chi connectivity index (χ4n) is 2.45. The number of benzene rings is 1. The molecule has 9 nitrogen and oxygen atoms in total. The molecule has 1 aromatic heterocycles. The van der Waals surface area contributed by atoms with Crippen LogP contribution in [0.4, 0.5) is 0 Å². The Morgan fingerprint density at radius 1 is 1.07 bits per heavy atom. The van der Waals surface area contributed by atoms with Crippen LogP contribution in [0, 0.1) is 12.8 Å². The Morgan fingerprint density at radius 2 is 1.83 bits per heavy atom. The van der Waals surface area contributed by atoms with Gasteiger partial charge in [0.15, 0.2) is 11.5 Å². The van der Waals surface area contributed by atoms with Gasteiger partial charge in [-0.2, -0.15) is 0 Å². The monoisotopic (exact) mass is 417 g/mol. The van der Waals surface area contributed by atoms with E-state index in [1.54, 1.807) is 19.1 Å². The van der Waals surface area contributed by atoms with E-state index < -0.39 is 17.7 Å². The maximum atomic E-state index is 12.3. The second-order valence-corrected chi connectivity index (χ2v) is 6.97. The van der Waals surface area contributed by atoms with E-state index in [0.717, 1.165) is 6.42 Å². The number of nitrogens with one attached hydrogen (secondary N) is 3. The number of carbonyl (C=O) groups is 3. The van der Waals surface area contributed by atoms with Crippen LogP contribution in [-0.4, -0.2) is 38.0 Å². The Labute approximate surface area is 175 Å². The van der Waals surface area contributed by atoms with Gasteiger partial charge in [0.25, 0.3) is 17.7 Å². The zero-order valence-corrected chi connectivity index (χ0v) is 17.5. The highest BCUT2D eigenvalue weighted by molar-refractivity contribution is 5.98. The van der Waals surface area contributed by atoms with Crippen molar-refractivity contribution in [1.82, 2.24) is 16.2 Å². The minimum atomic E-state index is -0.585. The van der Waals surface area contributed by atoms with Gasteiger partial charge in [-0.15, -0.1) is 0 Å². The molecule has 0 saturated carbocycles. The number of furan rings is 1. The molecule has 162 valence electrons. The molecule has 0 bridgehead atoms. The summed E-state index contributed by atoms with van der Waals surface area (Å²) in [5, 5.41) is 2.44. The van der Waals surface area contributed by atoms with Crippen LogP contribution in [0.2, 0.25) is 0 Å². The molecule has 0 aliphatic rings. The molecule has 2 aromatic rings. The topological polar surface area (TPSA) is 119 Å². The smallest absolute Gasteiger partial charge is 0.269 e. The van der Waals surface area contributed by atoms with Crippen LogP contribution in [0.15, 0.2) is 34.9 Å². The number of aryl methyl sites for hydroxylation is 1. The highest BCUT2D eigenvalue weighted by atomic mass is 16.5. The minimum absolute atomic E-state index is 0.279. The third-order valence-corrected chi connectivity index (χ3v) is 4.21. The van der Waals surface area contributed by atoms with Crippen molar-refractivity contribution >= 4 is 17.7 Å². The maximum absolute atomic E-state index is 12.3. The number of methoxy groups -OCH3 is 1. The highest BCUT2D eigenvalue weighted by Crippen LogP contribution is 2.28. The first-order valence-electron chi connectivity index (χ1n) is 9.54. The molecule has 0 atom stereocenters. The van der Waals surface area contributed by atoms with Crippen LogP contribution in [0.25, 0.3) is 0 Å². The molecule has 0 aliphatic heterocycles. The van der Waals surface area contributed by atoms with Gasteiger partial charge in [0.2, 0.25) is 0 Å². The quantitative estimate of drug-likeness (QED) is 0.538. The van der Waals surface area contributed by atoms with Gasteiger partial charge < -0.3 is 19.2 Å². The Hall–Kier alpha value is -3.49. The van der Waals surface area contributed by atoms with Gasteiger partial charge in [-0.05, 0) is 43.5 Å². The summed E-state index contributed by atoms with van der Waals surface area (Å²) >= 11 is 0. The van der Waals surface area contributed by atoms with E-state index in [1.165, 1.54) is 25.5 Å². The fourth-order valence-corrected chi connectivity index (χ4v) is 2.45. The van der Waals surface area contributed by atoms with Crippen LogP contribution in [-0.2, 0) is 4.79 Å². The summed E-state index contributed by atoms with van der Waals surface area (Å²) in [6, 6.07) is 6.24. The van der Waals surface area contributed by atoms with Crippen LogP contribution in [0.3, 0.4) is 0 Å². The molecule has 1 heterocycles. The Balaban J connectivity index is 1.84. The predicted molar refractivity (Wildman–Crippen MR) is 109 cm³/mol. The van der Waals surface area contributed by atoms with Crippen LogP contribution >= 0.6 is 0 Å². The van der Waals surface area contributed by atoms with E-state index in [1.807, 2.05) is 0 Å². The molecule has 0 fully saturated rings. The molecular weight excluding hydrogens is 390 g/mol. The first kappa shape index (κ1) is 22.8. The second kappa shape index (κ2) is 10.9. The zero-order chi connectivity index (χ0) is 22.1. The number of hydrogen-bond donors (Lipinski definition) is 3. The second-order valence-electron chi connectivity index (χ2n) is 6.97. The van der Waals surface area contributed by atoms with E-state index in [4.69, 9.17) is 13.9 Å². The number of rotatable bonds is 9. The summed E-state index contributed by atoms with van der Waals surface area (Å²) in [5.41, 5.74) is 5.16. The van der Waals surface area contributed by atoms with Crippen molar-refractivity contribution in [3.63, 3.8) is 0 Å². The lowest BCUT2D eigenvalue weighted by Gasteiger charge is -2.13. The van der Waals surface area contributed by atoms with Crippen LogP contribution < -0.4 is 25.6 Å². The van der Waals surface area contributed by atoms with Gasteiger partial charge in [0.1, 0.15) is 5.76 Å². The minimum Gasteiger partial charge on any atom is -0.493 e. The number of hydrazine groups is 1. The van der Waals surface area contributed by atoms with Crippen molar-refractivity contribution in [2.75, 3.05) is 20.3 Å². The van der Waals surface area contributed by atoms with Gasteiger partial charge >= 0.3 is 0 Å². The molecule has 9 heteroatoms. The molecule has 1 aromatic carbocycles. The Morgan fingerprint density at radius 3 is 2.47 bits per heavy atom. The Bertz CT molecular complexity index is 891. The van der Waals surface area contributed by atoms with E-state index >= 15 is 0 Å². The molecule has 3 amide bonds. The van der Waals surface area contributed by atoms with E-state index in [-0.39, 0.29) is 12.1 Å². The van der Waals surface area contributed by atoms with Crippen molar-refractivity contribution in [2.45, 2.75) is 27.2 Å². The zero-order valence-electron chi connectivity index (χ0n) is 17.5. The third-order valence-electron chi connectivity index (χ3n) is 4.21. The Kier molecular flexibility index (Phi) is 8.28. The summed E-state index contributed by atoms with van der Waals surface area (Å²) in [5.74, 6) is 0.354. The van der Waals surface area contributed by atoms with E-state index in [9.17, 15) is 14.4 Å². The van der Waals surface area contributed by atoms with Gasteiger partial charge in [-0.25, -0.2) is 0 Å². The van der Waals surface area contributed by atoms with Gasteiger partial charge in [-0.3, -0.25) is 25.2 Å². The summed E-state index contributed by atoms with van der Waals surface area (Å²) in [7, 11) is 1.48. The van der Waals surface area contributed by atoms with Gasteiger partial charge in [0, 0.05) is 5.56 Å². The van der Waals surface area contributed by atoms with Gasteiger partial charge in [-0.1, -0.05) is 13.8 Å². The molecule has 0 saturated heterocycles. The summed E-state index contributed by atoms with van der Waals surface area (Å²) < 4.78 is 16.0. The van der Waals surface area contributed by atoms with Crippen LogP contribution in [0.1, 0.15) is 46.7 Å². The fraction of sp³-hybridized carbons (Fsp3) is 0.381. The van der Waals surface area contributed by atoms with Crippen molar-refractivity contribution in [3.05, 3.63) is 47.4 Å². The van der Waals surface area contributed by atoms with Crippen molar-refractivity contribution < 1.29 is 28.3 Å². The molecule has 0 radical (unpaired) electrons. The van der Waals surface area contributed by atoms with Crippen LogP contribution in [0.5, 0.6) is 11.5 Å². The number of ether oxygens (including phenoxy) is 2. The molecule has 0 aliphatic carbocycles. The summed E-state index contributed by atoms with van der Waals surface area (Å²) in [6.45, 7) is 6.08. The molecule has 0 spiro atoms. The lowest BCUT2D eigenvalue weighted by Crippen LogP contribution is -2.46. The summed E-state index contributed by atoms with van der Waals surface area (Å²) in [4.78, 5) is 36.1. The number of hydrogen-bond acceptors (Lipinski definition) is 6. The molecule has 30 heavy (non-hydrogen) atoms. The molecule has 2 rings (SSSR count). The van der Waals surface area contributed by atoms with E-state index in [2.05, 4.69) is 30.0 Å². The lowest BCUT2D eigenvalue weighted by molar-refractivity contribution is -0.120. The number of amides is 3. The first-order chi connectivity index (χ1) is 14.3. The lowest BCUT2D eigenvalue weighted by atomic mass is 10.1. The summed E-state index contributed by atoms with van der Waals surface area (Å²) in [6.07, 6.45) is 2.29. The van der Waals surface area contributed by atoms with Gasteiger partial charge in [0.05, 0.1) is 32.1 Å². The van der Waals surface area contributed by atoms with E-state index in [0.29, 0.717) is 35.3 Å². The van der Waals surface area contributed by atoms with Crippen molar-refractivity contribution in [3.8, 4) is 11.5 Å². The first-order valence-corrected chi connectivity index (χ1v) is 9.54. The normalized spacial score (nSPS) is 10.4. The largest absolute Gasteiger partial charge is 0.493 e. The number of carbonyl (C=O) groups excluding carboxylic acids is 3. The SMILES string of the molecule is COc1cc(C(=O)NNC(=O)CNC(=O)c2ccoc2C)ccc1OCCC(C)C. The standard InChI is InChI=1S/C21H27N3O6/c1-13(2)7-9-30-17-6-5-15(11-18(17)28-4)20(26)24-23-19(25)12-22-21(27)16-8-10-29-14(16)3/h5-6,8,10-11,13H,7,9,12H2,1-4H3,(H,22,27)(H,23,25)(H,24,26). The average Bonchev–Trinajstić information content (AvgIpc) is 3.16. The molecule has 3 N–H and O–H groups in total. The third kappa shape index (κ3) is 6.54. The van der Waals surface area contributed by atoms with Crippen molar-refractivity contribution in [2.24, 2.45) is 5.92 Å². The maximum Gasteiger partial charge on any atom is 0.269 e. The predicted octanol–water partition coefficient (Wildman–Crippen LogP) is 2.21. The molecule has 0 unspecified atom stereocenters. The molecular formula is C21H27N3O6. The van der Waals surface area contributed by atoms with Crippen molar-refractivity contribution in [1.29, 1.82) is 0 Å².